The minimum absolute atomic E-state index is 0.155. The quantitative estimate of drug-likeness (QED) is 0.689. The molecule has 0 saturated heterocycles. The predicted molar refractivity (Wildman–Crippen MR) is 78.6 cm³/mol. The Balaban J connectivity index is 1.97. The van der Waals surface area contributed by atoms with E-state index < -0.39 is 0 Å². The van der Waals surface area contributed by atoms with Gasteiger partial charge in [0.05, 0.1) is 12.6 Å². The van der Waals surface area contributed by atoms with E-state index in [1.807, 2.05) is 31.5 Å². The summed E-state index contributed by atoms with van der Waals surface area (Å²) in [7, 11) is 1.82. The first-order chi connectivity index (χ1) is 9.61. The van der Waals surface area contributed by atoms with E-state index in [4.69, 9.17) is 5.26 Å². The lowest BCUT2D eigenvalue weighted by Gasteiger charge is -1.98. The van der Waals surface area contributed by atoms with Gasteiger partial charge < -0.3 is 4.57 Å². The van der Waals surface area contributed by atoms with Gasteiger partial charge in [0.25, 0.3) is 0 Å². The second-order valence-electron chi connectivity index (χ2n) is 4.29. The summed E-state index contributed by atoms with van der Waals surface area (Å²) in [5, 5.41) is 14.8. The molecule has 5 nitrogen and oxygen atoms in total. The minimum atomic E-state index is -0.155. The molecule has 0 aliphatic heterocycles. The standard InChI is InChI=1S/C14H14N4OS/c1-10-11(6-12(8-15)18(10)2)9-16-17-14(19)7-13-4-3-5-20-13/h3-6,9H,7H2,1-2H3,(H,17,19)/b16-9+. The van der Waals surface area contributed by atoms with E-state index in [0.29, 0.717) is 12.1 Å². The molecule has 6 heteroatoms. The number of carbonyl (C=O) groups excluding carboxylic acids is 1. The Morgan fingerprint density at radius 1 is 1.65 bits per heavy atom. The van der Waals surface area contributed by atoms with Crippen LogP contribution >= 0.6 is 11.3 Å². The maximum Gasteiger partial charge on any atom is 0.245 e. The van der Waals surface area contributed by atoms with Crippen molar-refractivity contribution in [2.45, 2.75) is 13.3 Å². The van der Waals surface area contributed by atoms with Gasteiger partial charge in [0.1, 0.15) is 11.8 Å². The summed E-state index contributed by atoms with van der Waals surface area (Å²) in [5.41, 5.74) is 4.80. The van der Waals surface area contributed by atoms with Crippen LogP contribution in [0.3, 0.4) is 0 Å². The van der Waals surface area contributed by atoms with Gasteiger partial charge in [-0.3, -0.25) is 4.79 Å². The SMILES string of the molecule is Cc1c(/C=N/NC(=O)Cc2cccs2)cc(C#N)n1C. The maximum absolute atomic E-state index is 11.6. The van der Waals surface area contributed by atoms with Crippen LogP contribution in [0.4, 0.5) is 0 Å². The average molecular weight is 286 g/mol. The molecule has 0 aliphatic rings. The van der Waals surface area contributed by atoms with E-state index in [9.17, 15) is 4.79 Å². The zero-order valence-electron chi connectivity index (χ0n) is 11.3. The summed E-state index contributed by atoms with van der Waals surface area (Å²) < 4.78 is 1.79. The van der Waals surface area contributed by atoms with E-state index in [0.717, 1.165) is 16.1 Å². The fraction of sp³-hybridized carbons (Fsp3) is 0.214. The van der Waals surface area contributed by atoms with Gasteiger partial charge in [-0.15, -0.1) is 11.3 Å². The highest BCUT2D eigenvalue weighted by Gasteiger charge is 2.07. The Morgan fingerprint density at radius 3 is 3.05 bits per heavy atom. The molecule has 0 bridgehead atoms. The van der Waals surface area contributed by atoms with Crippen LogP contribution in [0.1, 0.15) is 21.8 Å². The minimum Gasteiger partial charge on any atom is -0.339 e. The Morgan fingerprint density at radius 2 is 2.45 bits per heavy atom. The molecule has 2 rings (SSSR count). The highest BCUT2D eigenvalue weighted by atomic mass is 32.1. The Labute approximate surface area is 121 Å². The van der Waals surface area contributed by atoms with E-state index in [-0.39, 0.29) is 5.91 Å². The third-order valence-electron chi connectivity index (χ3n) is 3.00. The van der Waals surface area contributed by atoms with Gasteiger partial charge >= 0.3 is 0 Å². The molecule has 2 aromatic heterocycles. The molecule has 2 aromatic rings. The monoisotopic (exact) mass is 286 g/mol. The Kier molecular flexibility index (Phi) is 4.33. The van der Waals surface area contributed by atoms with Crippen molar-refractivity contribution in [2.75, 3.05) is 0 Å². The van der Waals surface area contributed by atoms with Crippen LogP contribution in [0.25, 0.3) is 0 Å². The van der Waals surface area contributed by atoms with Crippen molar-refractivity contribution in [2.24, 2.45) is 12.1 Å². The van der Waals surface area contributed by atoms with Crippen molar-refractivity contribution in [1.82, 2.24) is 9.99 Å². The zero-order chi connectivity index (χ0) is 14.5. The molecular weight excluding hydrogens is 272 g/mol. The number of aromatic nitrogens is 1. The summed E-state index contributed by atoms with van der Waals surface area (Å²) in [4.78, 5) is 12.6. The summed E-state index contributed by atoms with van der Waals surface area (Å²) in [6, 6.07) is 7.66. The first-order valence-electron chi connectivity index (χ1n) is 6.02. The molecule has 1 amide bonds. The van der Waals surface area contributed by atoms with Crippen molar-refractivity contribution in [1.29, 1.82) is 5.26 Å². The van der Waals surface area contributed by atoms with Crippen molar-refractivity contribution >= 4 is 23.5 Å². The van der Waals surface area contributed by atoms with Crippen LogP contribution in [-0.4, -0.2) is 16.7 Å². The van der Waals surface area contributed by atoms with Gasteiger partial charge in [-0.2, -0.15) is 10.4 Å². The van der Waals surface area contributed by atoms with Crippen molar-refractivity contribution in [3.8, 4) is 6.07 Å². The fourth-order valence-electron chi connectivity index (χ4n) is 1.75. The van der Waals surface area contributed by atoms with Crippen molar-refractivity contribution in [3.05, 3.63) is 45.4 Å². The molecule has 0 radical (unpaired) electrons. The molecular formula is C14H14N4OS. The van der Waals surface area contributed by atoms with Gasteiger partial charge in [0.2, 0.25) is 5.91 Å². The number of hydrogen-bond acceptors (Lipinski definition) is 4. The lowest BCUT2D eigenvalue weighted by molar-refractivity contribution is -0.120. The highest BCUT2D eigenvalue weighted by Crippen LogP contribution is 2.11. The fourth-order valence-corrected chi connectivity index (χ4v) is 2.45. The number of hydrogen-bond donors (Lipinski definition) is 1. The highest BCUT2D eigenvalue weighted by molar-refractivity contribution is 7.10. The van der Waals surface area contributed by atoms with Gasteiger partial charge in [-0.1, -0.05) is 6.07 Å². The van der Waals surface area contributed by atoms with Gasteiger partial charge in [0.15, 0.2) is 0 Å². The number of nitriles is 1. The lowest BCUT2D eigenvalue weighted by atomic mass is 10.3. The molecule has 0 atom stereocenters. The number of nitrogens with one attached hydrogen (secondary N) is 1. The topological polar surface area (TPSA) is 70.2 Å². The summed E-state index contributed by atoms with van der Waals surface area (Å²) in [5.74, 6) is -0.155. The number of thiophene rings is 1. The van der Waals surface area contributed by atoms with Crippen LogP contribution in [0.2, 0.25) is 0 Å². The number of nitrogens with zero attached hydrogens (tertiary/aromatic N) is 3. The second kappa shape index (κ2) is 6.17. The third-order valence-corrected chi connectivity index (χ3v) is 3.87. The zero-order valence-corrected chi connectivity index (χ0v) is 12.1. The third kappa shape index (κ3) is 3.13. The first kappa shape index (κ1) is 14.0. The molecule has 0 aliphatic carbocycles. The molecule has 20 heavy (non-hydrogen) atoms. The average Bonchev–Trinajstić information content (AvgIpc) is 3.02. The van der Waals surface area contributed by atoms with E-state index in [1.165, 1.54) is 11.3 Å². The molecule has 1 N–H and O–H groups in total. The van der Waals surface area contributed by atoms with Crippen LogP contribution < -0.4 is 5.43 Å². The summed E-state index contributed by atoms with van der Waals surface area (Å²) >= 11 is 1.54. The van der Waals surface area contributed by atoms with E-state index in [1.54, 1.807) is 16.8 Å². The number of rotatable bonds is 4. The van der Waals surface area contributed by atoms with Crippen molar-refractivity contribution < 1.29 is 4.79 Å². The van der Waals surface area contributed by atoms with Crippen LogP contribution in [0.5, 0.6) is 0 Å². The maximum atomic E-state index is 11.6. The first-order valence-corrected chi connectivity index (χ1v) is 6.90. The van der Waals surface area contributed by atoms with Crippen molar-refractivity contribution in [3.63, 3.8) is 0 Å². The molecule has 0 unspecified atom stereocenters. The Hall–Kier alpha value is -2.39. The van der Waals surface area contributed by atoms with E-state index in [2.05, 4.69) is 16.6 Å². The molecule has 0 aromatic carbocycles. The van der Waals surface area contributed by atoms with Crippen LogP contribution in [0.15, 0.2) is 28.7 Å². The van der Waals surface area contributed by atoms with Gasteiger partial charge in [-0.05, 0) is 24.4 Å². The van der Waals surface area contributed by atoms with Crippen LogP contribution in [0, 0.1) is 18.3 Å². The summed E-state index contributed by atoms with van der Waals surface area (Å²) in [6.07, 6.45) is 1.88. The number of hydrazone groups is 1. The second-order valence-corrected chi connectivity index (χ2v) is 5.32. The number of amides is 1. The number of carbonyl (C=O) groups is 1. The molecule has 0 spiro atoms. The molecule has 0 fully saturated rings. The van der Waals surface area contributed by atoms with Gasteiger partial charge in [0, 0.05) is 23.2 Å². The molecule has 2 heterocycles. The predicted octanol–water partition coefficient (Wildman–Crippen LogP) is 1.96. The Bertz CT molecular complexity index is 677. The largest absolute Gasteiger partial charge is 0.339 e. The normalized spacial score (nSPS) is 10.7. The van der Waals surface area contributed by atoms with Crippen LogP contribution in [-0.2, 0) is 18.3 Å². The van der Waals surface area contributed by atoms with E-state index >= 15 is 0 Å². The molecule has 102 valence electrons. The molecule has 0 saturated carbocycles. The lowest BCUT2D eigenvalue weighted by Crippen LogP contribution is -2.19. The van der Waals surface area contributed by atoms with Gasteiger partial charge in [-0.25, -0.2) is 5.43 Å². The smallest absolute Gasteiger partial charge is 0.245 e. The summed E-state index contributed by atoms with van der Waals surface area (Å²) in [6.45, 7) is 1.90.